The zero-order valence-electron chi connectivity index (χ0n) is 12.1. The van der Waals surface area contributed by atoms with Gasteiger partial charge in [-0.1, -0.05) is 6.07 Å². The molecule has 0 aliphatic rings. The molecule has 0 saturated carbocycles. The largest absolute Gasteiger partial charge is 0.484 e. The summed E-state index contributed by atoms with van der Waals surface area (Å²) in [4.78, 5) is 0. The Morgan fingerprint density at radius 3 is 2.75 bits per heavy atom. The fourth-order valence-electron chi connectivity index (χ4n) is 1.87. The molecule has 5 heteroatoms. The van der Waals surface area contributed by atoms with Gasteiger partial charge in [-0.25, -0.2) is 4.39 Å². The number of halogens is 1. The summed E-state index contributed by atoms with van der Waals surface area (Å²) in [5.41, 5.74) is 1.68. The minimum absolute atomic E-state index is 0.254. The molecule has 108 valence electrons. The quantitative estimate of drug-likeness (QED) is 0.882. The minimum Gasteiger partial charge on any atom is -0.484 e. The van der Waals surface area contributed by atoms with E-state index in [2.05, 4.69) is 24.3 Å². The van der Waals surface area contributed by atoms with Crippen LogP contribution < -0.4 is 10.1 Å². The topological polar surface area (TPSA) is 39.1 Å². The lowest BCUT2D eigenvalue weighted by Crippen LogP contribution is -2.06. The summed E-state index contributed by atoms with van der Waals surface area (Å²) in [5, 5.41) is 7.34. The Kier molecular flexibility index (Phi) is 4.74. The van der Waals surface area contributed by atoms with E-state index in [9.17, 15) is 4.39 Å². The first-order chi connectivity index (χ1) is 9.60. The van der Waals surface area contributed by atoms with Gasteiger partial charge >= 0.3 is 0 Å². The van der Waals surface area contributed by atoms with Crippen molar-refractivity contribution in [3.8, 4) is 5.75 Å². The summed E-state index contributed by atoms with van der Waals surface area (Å²) in [6.45, 7) is 5.01. The van der Waals surface area contributed by atoms with Crippen molar-refractivity contribution >= 4 is 0 Å². The summed E-state index contributed by atoms with van der Waals surface area (Å²) in [6.07, 6.45) is 1.90. The molecule has 0 fully saturated rings. The number of hydrogen-bond acceptors (Lipinski definition) is 3. The van der Waals surface area contributed by atoms with Crippen molar-refractivity contribution in [3.63, 3.8) is 0 Å². The highest BCUT2D eigenvalue weighted by atomic mass is 19.1. The SMILES string of the molecule is CNCc1ccc(OCc2ccn(C(C)C)n2)c(F)c1. The van der Waals surface area contributed by atoms with Gasteiger partial charge in [0.05, 0.1) is 5.69 Å². The van der Waals surface area contributed by atoms with Gasteiger partial charge < -0.3 is 10.1 Å². The van der Waals surface area contributed by atoms with Gasteiger partial charge in [-0.05, 0) is 44.7 Å². The van der Waals surface area contributed by atoms with Crippen LogP contribution >= 0.6 is 0 Å². The maximum absolute atomic E-state index is 13.8. The molecule has 20 heavy (non-hydrogen) atoms. The van der Waals surface area contributed by atoms with E-state index in [1.807, 2.05) is 30.1 Å². The number of rotatable bonds is 6. The van der Waals surface area contributed by atoms with Crippen LogP contribution in [-0.2, 0) is 13.2 Å². The monoisotopic (exact) mass is 277 g/mol. The van der Waals surface area contributed by atoms with Crippen LogP contribution in [0.4, 0.5) is 4.39 Å². The molecule has 1 aromatic carbocycles. The van der Waals surface area contributed by atoms with E-state index in [0.717, 1.165) is 11.3 Å². The van der Waals surface area contributed by atoms with Crippen molar-refractivity contribution < 1.29 is 9.13 Å². The number of aromatic nitrogens is 2. The van der Waals surface area contributed by atoms with Crippen molar-refractivity contribution in [3.05, 3.63) is 47.5 Å². The van der Waals surface area contributed by atoms with Gasteiger partial charge in [0.1, 0.15) is 6.61 Å². The maximum Gasteiger partial charge on any atom is 0.165 e. The average molecular weight is 277 g/mol. The molecule has 0 saturated heterocycles. The van der Waals surface area contributed by atoms with E-state index < -0.39 is 0 Å². The molecule has 1 aromatic heterocycles. The number of nitrogens with one attached hydrogen (secondary N) is 1. The molecule has 2 aromatic rings. The smallest absolute Gasteiger partial charge is 0.165 e. The third-order valence-electron chi connectivity index (χ3n) is 2.95. The van der Waals surface area contributed by atoms with Crippen molar-refractivity contribution in [2.75, 3.05) is 7.05 Å². The Balaban J connectivity index is 1.99. The highest BCUT2D eigenvalue weighted by Gasteiger charge is 2.07. The second-order valence-electron chi connectivity index (χ2n) is 4.96. The molecule has 0 unspecified atom stereocenters. The molecule has 2 rings (SSSR count). The minimum atomic E-state index is -0.346. The summed E-state index contributed by atoms with van der Waals surface area (Å²) < 4.78 is 21.2. The maximum atomic E-state index is 13.8. The molecule has 4 nitrogen and oxygen atoms in total. The van der Waals surface area contributed by atoms with Crippen LogP contribution in [0.2, 0.25) is 0 Å². The Morgan fingerprint density at radius 1 is 1.35 bits per heavy atom. The molecule has 0 aliphatic heterocycles. The molecule has 0 aliphatic carbocycles. The van der Waals surface area contributed by atoms with Crippen LogP contribution in [0, 0.1) is 5.82 Å². The highest BCUT2D eigenvalue weighted by Crippen LogP contribution is 2.19. The first-order valence-corrected chi connectivity index (χ1v) is 6.70. The van der Waals surface area contributed by atoms with Crippen LogP contribution in [0.5, 0.6) is 5.75 Å². The fraction of sp³-hybridized carbons (Fsp3) is 0.400. The Bertz CT molecular complexity index is 566. The summed E-state index contributed by atoms with van der Waals surface area (Å²) in [7, 11) is 1.83. The van der Waals surface area contributed by atoms with Crippen LogP contribution in [0.25, 0.3) is 0 Å². The van der Waals surface area contributed by atoms with E-state index in [1.165, 1.54) is 6.07 Å². The van der Waals surface area contributed by atoms with Crippen LogP contribution in [0.1, 0.15) is 31.1 Å². The van der Waals surface area contributed by atoms with Gasteiger partial charge in [-0.2, -0.15) is 5.10 Å². The second kappa shape index (κ2) is 6.52. The zero-order valence-corrected chi connectivity index (χ0v) is 12.1. The lowest BCUT2D eigenvalue weighted by molar-refractivity contribution is 0.283. The van der Waals surface area contributed by atoms with Gasteiger partial charge in [0.15, 0.2) is 11.6 Å². The molecule has 0 amide bonds. The van der Waals surface area contributed by atoms with Crippen molar-refractivity contribution in [1.82, 2.24) is 15.1 Å². The number of ether oxygens (including phenoxy) is 1. The van der Waals surface area contributed by atoms with E-state index in [-0.39, 0.29) is 18.2 Å². The molecule has 0 radical (unpaired) electrons. The molecule has 0 bridgehead atoms. The normalized spacial score (nSPS) is 11.1. The summed E-state index contributed by atoms with van der Waals surface area (Å²) in [5.74, 6) is -0.0926. The number of benzene rings is 1. The summed E-state index contributed by atoms with van der Waals surface area (Å²) in [6, 6.07) is 7.18. The summed E-state index contributed by atoms with van der Waals surface area (Å²) >= 11 is 0. The molecule has 1 N–H and O–H groups in total. The zero-order chi connectivity index (χ0) is 14.5. The fourth-order valence-corrected chi connectivity index (χ4v) is 1.87. The van der Waals surface area contributed by atoms with Crippen LogP contribution in [-0.4, -0.2) is 16.8 Å². The van der Waals surface area contributed by atoms with Gasteiger partial charge in [-0.15, -0.1) is 0 Å². The van der Waals surface area contributed by atoms with E-state index in [1.54, 1.807) is 6.07 Å². The van der Waals surface area contributed by atoms with Crippen molar-refractivity contribution in [2.45, 2.75) is 33.0 Å². The van der Waals surface area contributed by atoms with E-state index in [4.69, 9.17) is 4.74 Å². The third-order valence-corrected chi connectivity index (χ3v) is 2.95. The third kappa shape index (κ3) is 3.57. The van der Waals surface area contributed by atoms with Gasteiger partial charge in [0, 0.05) is 18.8 Å². The predicted molar refractivity (Wildman–Crippen MR) is 76.1 cm³/mol. The molecule has 1 heterocycles. The van der Waals surface area contributed by atoms with Gasteiger partial charge in [0.25, 0.3) is 0 Å². The molecule has 0 spiro atoms. The van der Waals surface area contributed by atoms with Crippen LogP contribution in [0.15, 0.2) is 30.5 Å². The Labute approximate surface area is 118 Å². The molecular weight excluding hydrogens is 257 g/mol. The lowest BCUT2D eigenvalue weighted by Gasteiger charge is -2.08. The average Bonchev–Trinajstić information content (AvgIpc) is 2.87. The van der Waals surface area contributed by atoms with E-state index >= 15 is 0 Å². The number of hydrogen-bond donors (Lipinski definition) is 1. The highest BCUT2D eigenvalue weighted by molar-refractivity contribution is 5.29. The molecule has 0 atom stereocenters. The van der Waals surface area contributed by atoms with Crippen molar-refractivity contribution in [1.29, 1.82) is 0 Å². The van der Waals surface area contributed by atoms with Crippen molar-refractivity contribution in [2.24, 2.45) is 0 Å². The first kappa shape index (κ1) is 14.5. The lowest BCUT2D eigenvalue weighted by atomic mass is 10.2. The van der Waals surface area contributed by atoms with Crippen LogP contribution in [0.3, 0.4) is 0 Å². The van der Waals surface area contributed by atoms with E-state index in [0.29, 0.717) is 12.6 Å². The predicted octanol–water partition coefficient (Wildman–Crippen LogP) is 2.90. The van der Waals surface area contributed by atoms with Gasteiger partial charge in [0.2, 0.25) is 0 Å². The second-order valence-corrected chi connectivity index (χ2v) is 4.96. The number of nitrogens with zero attached hydrogens (tertiary/aromatic N) is 2. The standard InChI is InChI=1S/C15H20FN3O/c1-11(2)19-7-6-13(18-19)10-20-15-5-4-12(9-17-3)8-14(15)16/h4-8,11,17H,9-10H2,1-3H3. The first-order valence-electron chi connectivity index (χ1n) is 6.70. The Morgan fingerprint density at radius 2 is 2.15 bits per heavy atom. The molecular formula is C15H20FN3O. The van der Waals surface area contributed by atoms with Gasteiger partial charge in [-0.3, -0.25) is 4.68 Å². The Hall–Kier alpha value is -1.88.